The fraction of sp³-hybridized carbons (Fsp3) is 0.143. The highest BCUT2D eigenvalue weighted by Gasteiger charge is 2.28. The normalized spacial score (nSPS) is 17.8. The average Bonchev–Trinajstić information content (AvgIpc) is 3.01. The van der Waals surface area contributed by atoms with Crippen molar-refractivity contribution in [3.63, 3.8) is 0 Å². The van der Waals surface area contributed by atoms with Gasteiger partial charge < -0.3 is 5.73 Å². The fourth-order valence-corrected chi connectivity index (χ4v) is 3.77. The van der Waals surface area contributed by atoms with E-state index in [-0.39, 0.29) is 5.92 Å². The number of hydrogen-bond acceptors (Lipinski definition) is 4. The Morgan fingerprint density at radius 2 is 2.05 bits per heavy atom. The summed E-state index contributed by atoms with van der Waals surface area (Å²) in [6, 6.07) is 12.2. The topological polar surface area (TPSA) is 56.2 Å². The van der Waals surface area contributed by atoms with E-state index in [2.05, 4.69) is 34.5 Å². The lowest BCUT2D eigenvalue weighted by Crippen LogP contribution is -2.05. The molecule has 3 aromatic rings. The molecule has 1 aliphatic rings. The third-order valence-corrected chi connectivity index (χ3v) is 4.65. The molecule has 0 aliphatic carbocycles. The Morgan fingerprint density at radius 1 is 1.16 bits per heavy atom. The number of fused-ring (bicyclic) bond motifs is 2. The number of benzene rings is 1. The van der Waals surface area contributed by atoms with E-state index in [0.29, 0.717) is 0 Å². The first-order valence-corrected chi connectivity index (χ1v) is 7.13. The summed E-state index contributed by atoms with van der Waals surface area (Å²) in [5.41, 5.74) is 8.78. The molecule has 3 heterocycles. The number of pyridine rings is 1. The first-order chi connectivity index (χ1) is 9.33. The van der Waals surface area contributed by atoms with Crippen molar-refractivity contribution in [2.75, 3.05) is 11.5 Å². The van der Waals surface area contributed by atoms with Gasteiger partial charge in [-0.15, -0.1) is 22.0 Å². The highest BCUT2D eigenvalue weighted by Crippen LogP contribution is 2.42. The van der Waals surface area contributed by atoms with Gasteiger partial charge in [-0.1, -0.05) is 18.2 Å². The minimum atomic E-state index is 0.290. The van der Waals surface area contributed by atoms with E-state index in [9.17, 15) is 0 Å². The summed E-state index contributed by atoms with van der Waals surface area (Å²) in [5.74, 6) is 2.27. The third-order valence-electron chi connectivity index (χ3n) is 3.46. The van der Waals surface area contributed by atoms with E-state index in [1.807, 2.05) is 34.5 Å². The molecule has 1 aliphatic heterocycles. The zero-order valence-corrected chi connectivity index (χ0v) is 11.0. The molecule has 2 aromatic heterocycles. The molecule has 1 aromatic carbocycles. The number of aromatic nitrogens is 3. The summed E-state index contributed by atoms with van der Waals surface area (Å²) in [6.07, 6.45) is 1.90. The molecule has 0 spiro atoms. The number of nitrogen functional groups attached to an aromatic ring is 1. The molecule has 5 heteroatoms. The summed E-state index contributed by atoms with van der Waals surface area (Å²) >= 11 is 1.87. The Hall–Kier alpha value is -2.01. The second kappa shape index (κ2) is 3.99. The van der Waals surface area contributed by atoms with Crippen LogP contribution >= 0.6 is 11.8 Å². The summed E-state index contributed by atoms with van der Waals surface area (Å²) in [7, 11) is 0. The first-order valence-electron chi connectivity index (χ1n) is 6.15. The van der Waals surface area contributed by atoms with Crippen molar-refractivity contribution in [3.8, 4) is 0 Å². The molecular formula is C14H12N4S. The van der Waals surface area contributed by atoms with Crippen molar-refractivity contribution < 1.29 is 0 Å². The first kappa shape index (κ1) is 10.9. The number of nitrogens with zero attached hydrogens (tertiary/aromatic N) is 3. The highest BCUT2D eigenvalue weighted by molar-refractivity contribution is 7.99. The van der Waals surface area contributed by atoms with Crippen LogP contribution in [-0.2, 0) is 0 Å². The average molecular weight is 268 g/mol. The molecule has 0 saturated carbocycles. The molecule has 2 N–H and O–H groups in total. The molecule has 4 nitrogen and oxygen atoms in total. The van der Waals surface area contributed by atoms with Gasteiger partial charge in [0.1, 0.15) is 5.82 Å². The lowest BCUT2D eigenvalue weighted by molar-refractivity contribution is 0.809. The molecule has 0 bridgehead atoms. The third kappa shape index (κ3) is 1.62. The van der Waals surface area contributed by atoms with Crippen LogP contribution < -0.4 is 5.73 Å². The summed E-state index contributed by atoms with van der Waals surface area (Å²) in [6.45, 7) is 0. The van der Waals surface area contributed by atoms with Gasteiger partial charge in [-0.25, -0.2) is 0 Å². The molecule has 0 fully saturated rings. The molecule has 0 radical (unpaired) electrons. The van der Waals surface area contributed by atoms with Crippen molar-refractivity contribution in [2.24, 2.45) is 0 Å². The van der Waals surface area contributed by atoms with Gasteiger partial charge in [0.05, 0.1) is 5.92 Å². The maximum atomic E-state index is 5.86. The maximum absolute atomic E-state index is 5.86. The van der Waals surface area contributed by atoms with E-state index in [1.165, 1.54) is 10.5 Å². The van der Waals surface area contributed by atoms with Crippen LogP contribution in [0.3, 0.4) is 0 Å². The fourth-order valence-electron chi connectivity index (χ4n) is 2.54. The smallest absolute Gasteiger partial charge is 0.160 e. The van der Waals surface area contributed by atoms with Crippen molar-refractivity contribution in [2.45, 2.75) is 10.8 Å². The standard InChI is InChI=1S/C14H12N4S/c15-9-5-6-13-16-17-14(18(13)7-9)11-8-19-12-4-2-1-3-10(11)12/h1-7,11H,8,15H2. The number of anilines is 1. The van der Waals surface area contributed by atoms with E-state index >= 15 is 0 Å². The van der Waals surface area contributed by atoms with Crippen LogP contribution in [0.15, 0.2) is 47.5 Å². The molecule has 1 unspecified atom stereocenters. The van der Waals surface area contributed by atoms with Gasteiger partial charge in [0.15, 0.2) is 5.65 Å². The van der Waals surface area contributed by atoms with E-state index in [4.69, 9.17) is 5.73 Å². The van der Waals surface area contributed by atoms with Crippen LogP contribution in [0, 0.1) is 0 Å². The molecule has 4 rings (SSSR count). The molecular weight excluding hydrogens is 256 g/mol. The summed E-state index contributed by atoms with van der Waals surface area (Å²) in [5, 5.41) is 8.59. The van der Waals surface area contributed by atoms with Gasteiger partial charge >= 0.3 is 0 Å². The molecule has 0 saturated heterocycles. The monoisotopic (exact) mass is 268 g/mol. The van der Waals surface area contributed by atoms with Crippen LogP contribution in [0.2, 0.25) is 0 Å². The van der Waals surface area contributed by atoms with E-state index in [0.717, 1.165) is 22.9 Å². The number of thioether (sulfide) groups is 1. The molecule has 0 amide bonds. The van der Waals surface area contributed by atoms with Gasteiger partial charge in [0.2, 0.25) is 0 Å². The maximum Gasteiger partial charge on any atom is 0.160 e. The van der Waals surface area contributed by atoms with Gasteiger partial charge in [-0.3, -0.25) is 4.40 Å². The van der Waals surface area contributed by atoms with Crippen molar-refractivity contribution in [1.82, 2.24) is 14.6 Å². The van der Waals surface area contributed by atoms with Gasteiger partial charge in [-0.2, -0.15) is 0 Å². The molecule has 1 atom stereocenters. The summed E-state index contributed by atoms with van der Waals surface area (Å²) < 4.78 is 2.00. The van der Waals surface area contributed by atoms with Crippen molar-refractivity contribution in [1.29, 1.82) is 0 Å². The predicted molar refractivity (Wildman–Crippen MR) is 76.4 cm³/mol. The van der Waals surface area contributed by atoms with E-state index in [1.54, 1.807) is 0 Å². The number of hydrogen-bond donors (Lipinski definition) is 1. The van der Waals surface area contributed by atoms with Crippen LogP contribution in [0.25, 0.3) is 5.65 Å². The lowest BCUT2D eigenvalue weighted by Gasteiger charge is -2.08. The molecule has 19 heavy (non-hydrogen) atoms. The van der Waals surface area contributed by atoms with Crippen LogP contribution in [0.5, 0.6) is 0 Å². The second-order valence-corrected chi connectivity index (χ2v) is 5.71. The van der Waals surface area contributed by atoms with Gasteiger partial charge in [0.25, 0.3) is 0 Å². The Balaban J connectivity index is 1.90. The van der Waals surface area contributed by atoms with Gasteiger partial charge in [0, 0.05) is 22.5 Å². The minimum Gasteiger partial charge on any atom is -0.398 e. The Kier molecular flexibility index (Phi) is 2.29. The van der Waals surface area contributed by atoms with Gasteiger partial charge in [-0.05, 0) is 23.8 Å². The van der Waals surface area contributed by atoms with Crippen LogP contribution in [0.4, 0.5) is 5.69 Å². The highest BCUT2D eigenvalue weighted by atomic mass is 32.2. The summed E-state index contributed by atoms with van der Waals surface area (Å²) in [4.78, 5) is 1.34. The van der Waals surface area contributed by atoms with E-state index < -0.39 is 0 Å². The zero-order valence-electron chi connectivity index (χ0n) is 10.2. The number of nitrogens with two attached hydrogens (primary N) is 1. The molecule has 94 valence electrons. The Labute approximate surface area is 114 Å². The quantitative estimate of drug-likeness (QED) is 0.737. The van der Waals surface area contributed by atoms with Crippen LogP contribution in [-0.4, -0.2) is 20.4 Å². The van der Waals surface area contributed by atoms with Crippen molar-refractivity contribution in [3.05, 3.63) is 54.0 Å². The van der Waals surface area contributed by atoms with Crippen LogP contribution in [0.1, 0.15) is 17.3 Å². The predicted octanol–water partition coefficient (Wildman–Crippen LogP) is 2.55. The Morgan fingerprint density at radius 3 is 3.00 bits per heavy atom. The number of rotatable bonds is 1. The minimum absolute atomic E-state index is 0.290. The lowest BCUT2D eigenvalue weighted by atomic mass is 10.0. The zero-order chi connectivity index (χ0) is 12.8. The van der Waals surface area contributed by atoms with Crippen molar-refractivity contribution >= 4 is 23.1 Å². The SMILES string of the molecule is Nc1ccc2nnc(C3CSc4ccccc43)n2c1. The largest absolute Gasteiger partial charge is 0.398 e. The second-order valence-electron chi connectivity index (χ2n) is 4.65. The Bertz CT molecular complexity index is 765.